The Morgan fingerprint density at radius 3 is 2.50 bits per heavy atom. The summed E-state index contributed by atoms with van der Waals surface area (Å²) in [7, 11) is 1.20. The third-order valence-electron chi connectivity index (χ3n) is 5.77. The molecule has 32 heavy (non-hydrogen) atoms. The number of Topliss-reactive ketones (excluding diaryl/α,β-unsaturated/α-hetero) is 1. The van der Waals surface area contributed by atoms with E-state index in [0.717, 1.165) is 17.2 Å². The van der Waals surface area contributed by atoms with Crippen molar-refractivity contribution in [2.24, 2.45) is 0 Å². The maximum Gasteiger partial charge on any atom is 0.338 e. The topological polar surface area (TPSA) is 73.9 Å². The highest BCUT2D eigenvalue weighted by atomic mass is 19.1. The molecule has 0 aromatic heterocycles. The molecule has 0 aliphatic carbocycles. The number of carbonyl (C=O) groups excluding carboxylic acids is 2. The van der Waals surface area contributed by atoms with Crippen LogP contribution in [-0.4, -0.2) is 32.1 Å². The number of halogens is 1. The average Bonchev–Trinajstić information content (AvgIpc) is 2.83. The number of nitrogens with one attached hydrogen (secondary N) is 1. The van der Waals surface area contributed by atoms with Crippen molar-refractivity contribution in [2.45, 2.75) is 12.0 Å². The van der Waals surface area contributed by atoms with Gasteiger partial charge in [-0.15, -0.1) is 0 Å². The van der Waals surface area contributed by atoms with E-state index in [0.29, 0.717) is 24.7 Å². The molecule has 5 rings (SSSR count). The number of hydrogen-bond donors (Lipinski definition) is 1. The molecule has 0 fully saturated rings. The number of methoxy groups -OCH3 is 1. The second-order valence-electron chi connectivity index (χ2n) is 7.65. The highest BCUT2D eigenvalue weighted by molar-refractivity contribution is 6.14. The quantitative estimate of drug-likeness (QED) is 0.613. The molecule has 0 saturated carbocycles. The van der Waals surface area contributed by atoms with Crippen LogP contribution in [0.1, 0.15) is 43.8 Å². The number of carbonyl (C=O) groups is 2. The lowest BCUT2D eigenvalue weighted by Crippen LogP contribution is -2.33. The van der Waals surface area contributed by atoms with Gasteiger partial charge in [-0.05, 0) is 35.4 Å². The predicted molar refractivity (Wildman–Crippen MR) is 115 cm³/mol. The first-order valence-electron chi connectivity index (χ1n) is 10.2. The largest absolute Gasteiger partial charge is 0.486 e. The van der Waals surface area contributed by atoms with Gasteiger partial charge in [-0.25, -0.2) is 9.18 Å². The molecular formula is C25H20FNO5. The van der Waals surface area contributed by atoms with E-state index in [2.05, 4.69) is 5.32 Å². The van der Waals surface area contributed by atoms with Gasteiger partial charge in [0.1, 0.15) is 19.0 Å². The van der Waals surface area contributed by atoms with E-state index < -0.39 is 23.7 Å². The Kier molecular flexibility index (Phi) is 5.01. The van der Waals surface area contributed by atoms with E-state index in [1.807, 2.05) is 42.5 Å². The second kappa shape index (κ2) is 8.00. The van der Waals surface area contributed by atoms with Gasteiger partial charge in [0.2, 0.25) is 0 Å². The van der Waals surface area contributed by atoms with Crippen LogP contribution in [0.25, 0.3) is 0 Å². The van der Waals surface area contributed by atoms with E-state index in [-0.39, 0.29) is 22.6 Å². The second-order valence-corrected chi connectivity index (χ2v) is 7.65. The van der Waals surface area contributed by atoms with Gasteiger partial charge in [-0.3, -0.25) is 4.79 Å². The van der Waals surface area contributed by atoms with Crippen molar-refractivity contribution in [3.63, 3.8) is 0 Å². The third-order valence-corrected chi connectivity index (χ3v) is 5.77. The molecule has 0 bridgehead atoms. The van der Waals surface area contributed by atoms with Crippen LogP contribution < -0.4 is 14.8 Å². The first-order valence-corrected chi connectivity index (χ1v) is 10.2. The van der Waals surface area contributed by atoms with Gasteiger partial charge in [0.25, 0.3) is 0 Å². The Morgan fingerprint density at radius 1 is 1.00 bits per heavy atom. The lowest BCUT2D eigenvalue weighted by Gasteiger charge is -2.35. The number of ketones is 1. The number of fused-ring (bicyclic) bond motifs is 2. The summed E-state index contributed by atoms with van der Waals surface area (Å²) in [5, 5.41) is 3.29. The molecule has 2 aliphatic heterocycles. The van der Waals surface area contributed by atoms with Gasteiger partial charge in [0.15, 0.2) is 17.3 Å². The van der Waals surface area contributed by atoms with Crippen molar-refractivity contribution < 1.29 is 28.2 Å². The van der Waals surface area contributed by atoms with E-state index in [9.17, 15) is 14.0 Å². The van der Waals surface area contributed by atoms with Crippen molar-refractivity contribution in [1.29, 1.82) is 0 Å². The van der Waals surface area contributed by atoms with Crippen molar-refractivity contribution in [3.8, 4) is 11.5 Å². The fraction of sp³-hybridized carbons (Fsp3) is 0.200. The molecule has 0 amide bonds. The minimum atomic E-state index is -0.763. The third kappa shape index (κ3) is 3.36. The van der Waals surface area contributed by atoms with Crippen molar-refractivity contribution in [2.75, 3.05) is 25.6 Å². The average molecular weight is 433 g/mol. The Morgan fingerprint density at radius 2 is 1.75 bits per heavy atom. The molecule has 3 aromatic carbocycles. The summed E-state index contributed by atoms with van der Waals surface area (Å²) in [5.41, 5.74) is 1.84. The minimum absolute atomic E-state index is 0.0958. The standard InChI is InChI=1S/C25H20FNO5/c1-30-25(29)17-12-16(26)13-18-22(17)24(28)21(14-5-3-2-4-6-14)23(27-18)15-7-8-19-20(11-15)32-10-9-31-19/h2-8,11-13,21,23,27H,9-10H2,1H3. The summed E-state index contributed by atoms with van der Waals surface area (Å²) in [4.78, 5) is 26.2. The fourth-order valence-corrected chi connectivity index (χ4v) is 4.35. The number of ether oxygens (including phenoxy) is 3. The van der Waals surface area contributed by atoms with Gasteiger partial charge in [-0.2, -0.15) is 0 Å². The summed E-state index contributed by atoms with van der Waals surface area (Å²) in [6, 6.07) is 16.5. The van der Waals surface area contributed by atoms with E-state index in [1.54, 1.807) is 6.07 Å². The lowest BCUT2D eigenvalue weighted by atomic mass is 9.77. The van der Waals surface area contributed by atoms with Gasteiger partial charge >= 0.3 is 5.97 Å². The zero-order valence-corrected chi connectivity index (χ0v) is 17.3. The lowest BCUT2D eigenvalue weighted by molar-refractivity contribution is 0.0595. The number of anilines is 1. The van der Waals surface area contributed by atoms with Crippen molar-refractivity contribution >= 4 is 17.4 Å². The van der Waals surface area contributed by atoms with Crippen LogP contribution in [-0.2, 0) is 4.74 Å². The SMILES string of the molecule is COC(=O)c1cc(F)cc2c1C(=O)C(c1ccccc1)C(c1ccc3c(c1)OCCO3)N2. The number of benzene rings is 3. The molecule has 0 saturated heterocycles. The first kappa shape index (κ1) is 20.1. The predicted octanol–water partition coefficient (Wildman–Crippen LogP) is 4.52. The molecule has 0 radical (unpaired) electrons. The highest BCUT2D eigenvalue weighted by Crippen LogP contribution is 2.45. The van der Waals surface area contributed by atoms with Gasteiger partial charge in [0.05, 0.1) is 30.2 Å². The summed E-state index contributed by atoms with van der Waals surface area (Å²) < 4.78 is 30.5. The molecule has 2 unspecified atom stereocenters. The van der Waals surface area contributed by atoms with Gasteiger partial charge in [0, 0.05) is 5.69 Å². The maximum atomic E-state index is 14.4. The zero-order valence-electron chi connectivity index (χ0n) is 17.3. The van der Waals surface area contributed by atoms with Gasteiger partial charge < -0.3 is 19.5 Å². The van der Waals surface area contributed by atoms with Crippen LogP contribution in [0.5, 0.6) is 11.5 Å². The Bertz CT molecular complexity index is 1210. The molecule has 162 valence electrons. The van der Waals surface area contributed by atoms with E-state index >= 15 is 0 Å². The maximum absolute atomic E-state index is 14.4. The zero-order chi connectivity index (χ0) is 22.2. The molecule has 7 heteroatoms. The molecular weight excluding hydrogens is 413 g/mol. The number of hydrogen-bond acceptors (Lipinski definition) is 6. The van der Waals surface area contributed by atoms with Crippen LogP contribution >= 0.6 is 0 Å². The van der Waals surface area contributed by atoms with Crippen LogP contribution in [0.15, 0.2) is 60.7 Å². The molecule has 2 atom stereocenters. The first-order chi connectivity index (χ1) is 15.6. The highest BCUT2D eigenvalue weighted by Gasteiger charge is 2.40. The molecule has 1 N–H and O–H groups in total. The van der Waals surface area contributed by atoms with E-state index in [4.69, 9.17) is 14.2 Å². The monoisotopic (exact) mass is 433 g/mol. The summed E-state index contributed by atoms with van der Waals surface area (Å²) >= 11 is 0. The van der Waals surface area contributed by atoms with Crippen LogP contribution in [0.3, 0.4) is 0 Å². The Labute approximate surface area is 183 Å². The number of esters is 1. The fourth-order valence-electron chi connectivity index (χ4n) is 4.35. The molecule has 2 aliphatic rings. The molecule has 2 heterocycles. The summed E-state index contributed by atoms with van der Waals surface area (Å²) in [6.07, 6.45) is 0. The Hall–Kier alpha value is -3.87. The van der Waals surface area contributed by atoms with E-state index in [1.165, 1.54) is 13.2 Å². The number of rotatable bonds is 3. The molecule has 0 spiro atoms. The Balaban J connectivity index is 1.68. The smallest absolute Gasteiger partial charge is 0.338 e. The molecule has 3 aromatic rings. The van der Waals surface area contributed by atoms with Crippen LogP contribution in [0, 0.1) is 5.82 Å². The summed E-state index contributed by atoms with van der Waals surface area (Å²) in [5.74, 6) is -1.11. The van der Waals surface area contributed by atoms with Gasteiger partial charge in [-0.1, -0.05) is 36.4 Å². The van der Waals surface area contributed by atoms with Crippen molar-refractivity contribution in [3.05, 3.63) is 88.7 Å². The minimum Gasteiger partial charge on any atom is -0.486 e. The summed E-state index contributed by atoms with van der Waals surface area (Å²) in [6.45, 7) is 0.911. The van der Waals surface area contributed by atoms with Crippen LogP contribution in [0.2, 0.25) is 0 Å². The van der Waals surface area contributed by atoms with Crippen molar-refractivity contribution in [1.82, 2.24) is 0 Å². The molecule has 6 nitrogen and oxygen atoms in total. The normalized spacial score (nSPS) is 19.0. The van der Waals surface area contributed by atoms with Crippen LogP contribution in [0.4, 0.5) is 10.1 Å².